The van der Waals surface area contributed by atoms with Crippen LogP contribution in [-0.4, -0.2) is 32.3 Å². The summed E-state index contributed by atoms with van der Waals surface area (Å²) in [5.74, 6) is -0.485. The maximum atomic E-state index is 12.3. The van der Waals surface area contributed by atoms with Crippen molar-refractivity contribution in [1.29, 1.82) is 0 Å². The fraction of sp³-hybridized carbons (Fsp3) is 0.444. The molecule has 0 N–H and O–H groups in total. The summed E-state index contributed by atoms with van der Waals surface area (Å²) < 4.78 is 15.2. The van der Waals surface area contributed by atoms with Gasteiger partial charge >= 0.3 is 11.9 Å². The molecular weight excluding hydrogens is 296 g/mol. The molecule has 23 heavy (non-hydrogen) atoms. The highest BCUT2D eigenvalue weighted by Crippen LogP contribution is 2.33. The Bertz CT molecular complexity index is 541. The van der Waals surface area contributed by atoms with Gasteiger partial charge in [-0.1, -0.05) is 18.7 Å². The summed E-state index contributed by atoms with van der Waals surface area (Å²) in [5, 5.41) is 0. The molecule has 5 nitrogen and oxygen atoms in total. The molecule has 0 heterocycles. The molecule has 0 saturated carbocycles. The third kappa shape index (κ3) is 4.58. The summed E-state index contributed by atoms with van der Waals surface area (Å²) in [6.45, 7) is 9.31. The number of ether oxygens (including phenoxy) is 3. The van der Waals surface area contributed by atoms with E-state index in [9.17, 15) is 9.59 Å². The molecule has 0 amide bonds. The molecule has 0 atom stereocenters. The molecule has 1 aromatic rings. The minimum atomic E-state index is -1.41. The van der Waals surface area contributed by atoms with Crippen molar-refractivity contribution in [2.24, 2.45) is 5.41 Å². The number of hydrogen-bond donors (Lipinski definition) is 0. The van der Waals surface area contributed by atoms with Gasteiger partial charge in [-0.05, 0) is 50.5 Å². The highest BCUT2D eigenvalue weighted by atomic mass is 16.6. The smallest absolute Gasteiger partial charge is 0.323 e. The van der Waals surface area contributed by atoms with E-state index in [2.05, 4.69) is 6.58 Å². The van der Waals surface area contributed by atoms with Gasteiger partial charge in [0.1, 0.15) is 5.75 Å². The first kappa shape index (κ1) is 18.7. The van der Waals surface area contributed by atoms with Crippen molar-refractivity contribution < 1.29 is 23.8 Å². The lowest BCUT2D eigenvalue weighted by Gasteiger charge is -2.26. The molecular formula is C18H24O5. The minimum Gasteiger partial charge on any atom is -0.497 e. The number of hydrogen-bond acceptors (Lipinski definition) is 5. The summed E-state index contributed by atoms with van der Waals surface area (Å²) in [6, 6.07) is 7.26. The van der Waals surface area contributed by atoms with Gasteiger partial charge < -0.3 is 14.2 Å². The number of methoxy groups -OCH3 is 1. The van der Waals surface area contributed by atoms with Crippen molar-refractivity contribution in [2.45, 2.75) is 27.2 Å². The Kier molecular flexibility index (Phi) is 6.82. The van der Waals surface area contributed by atoms with Gasteiger partial charge in [-0.25, -0.2) is 0 Å². The second-order valence-corrected chi connectivity index (χ2v) is 5.28. The predicted molar refractivity (Wildman–Crippen MR) is 88.0 cm³/mol. The van der Waals surface area contributed by atoms with Crippen molar-refractivity contribution in [3.05, 3.63) is 36.4 Å². The van der Waals surface area contributed by atoms with Gasteiger partial charge in [0, 0.05) is 0 Å². The molecule has 0 aliphatic heterocycles. The van der Waals surface area contributed by atoms with Gasteiger partial charge in [0.2, 0.25) is 0 Å². The van der Waals surface area contributed by atoms with Crippen LogP contribution in [0, 0.1) is 5.41 Å². The zero-order valence-electron chi connectivity index (χ0n) is 14.2. The lowest BCUT2D eigenvalue weighted by atomic mass is 9.82. The summed E-state index contributed by atoms with van der Waals surface area (Å²) in [7, 11) is 1.59. The van der Waals surface area contributed by atoms with Gasteiger partial charge in [0.05, 0.1) is 20.3 Å². The van der Waals surface area contributed by atoms with Gasteiger partial charge in [-0.2, -0.15) is 0 Å². The topological polar surface area (TPSA) is 61.8 Å². The summed E-state index contributed by atoms with van der Waals surface area (Å²) in [4.78, 5) is 24.5. The number of esters is 2. The van der Waals surface area contributed by atoms with E-state index in [1.54, 1.807) is 33.1 Å². The Morgan fingerprint density at radius 1 is 1.04 bits per heavy atom. The number of carbonyl (C=O) groups excluding carboxylic acids is 2. The molecule has 0 aliphatic carbocycles. The molecule has 0 bridgehead atoms. The molecule has 1 rings (SSSR count). The second kappa shape index (κ2) is 8.36. The van der Waals surface area contributed by atoms with E-state index in [4.69, 9.17) is 14.2 Å². The van der Waals surface area contributed by atoms with Crippen molar-refractivity contribution in [3.63, 3.8) is 0 Å². The first-order valence-corrected chi connectivity index (χ1v) is 7.55. The van der Waals surface area contributed by atoms with Gasteiger partial charge in [-0.3, -0.25) is 9.59 Å². The predicted octanol–water partition coefficient (Wildman–Crippen LogP) is 3.23. The molecule has 0 radical (unpaired) electrons. The SMILES string of the molecule is C=C(CC(C)(C(=O)OCC)C(=O)OCC)c1ccc(OC)cc1. The lowest BCUT2D eigenvalue weighted by Crippen LogP contribution is -2.39. The number of allylic oxidation sites excluding steroid dienone is 1. The molecule has 0 spiro atoms. The van der Waals surface area contributed by atoms with Crippen LogP contribution >= 0.6 is 0 Å². The van der Waals surface area contributed by atoms with Crippen LogP contribution in [0.2, 0.25) is 0 Å². The molecule has 0 aliphatic rings. The van der Waals surface area contributed by atoms with E-state index in [0.717, 1.165) is 11.3 Å². The van der Waals surface area contributed by atoms with E-state index >= 15 is 0 Å². The maximum Gasteiger partial charge on any atom is 0.323 e. The normalized spacial score (nSPS) is 10.8. The number of rotatable bonds is 8. The molecule has 126 valence electrons. The Morgan fingerprint density at radius 3 is 1.91 bits per heavy atom. The van der Waals surface area contributed by atoms with E-state index in [0.29, 0.717) is 5.57 Å². The van der Waals surface area contributed by atoms with E-state index in [1.807, 2.05) is 12.1 Å². The summed E-state index contributed by atoms with van der Waals surface area (Å²) >= 11 is 0. The Labute approximate surface area is 137 Å². The Hall–Kier alpha value is -2.30. The lowest BCUT2D eigenvalue weighted by molar-refractivity contribution is -0.170. The standard InChI is InChI=1S/C18H24O5/c1-6-22-16(19)18(4,17(20)23-7-2)12-13(3)14-8-10-15(21-5)11-9-14/h8-11H,3,6-7,12H2,1-2,4-5H3. The van der Waals surface area contributed by atoms with Crippen molar-refractivity contribution in [1.82, 2.24) is 0 Å². The van der Waals surface area contributed by atoms with Crippen LogP contribution in [0.5, 0.6) is 5.75 Å². The van der Waals surface area contributed by atoms with Crippen LogP contribution in [0.1, 0.15) is 32.8 Å². The average molecular weight is 320 g/mol. The molecule has 1 aromatic carbocycles. The molecule has 0 aromatic heterocycles. The number of carbonyl (C=O) groups is 2. The highest BCUT2D eigenvalue weighted by Gasteiger charge is 2.44. The van der Waals surface area contributed by atoms with E-state index in [1.165, 1.54) is 6.92 Å². The fourth-order valence-corrected chi connectivity index (χ4v) is 2.16. The largest absolute Gasteiger partial charge is 0.497 e. The van der Waals surface area contributed by atoms with Crippen molar-refractivity contribution in [2.75, 3.05) is 20.3 Å². The Morgan fingerprint density at radius 2 is 1.52 bits per heavy atom. The minimum absolute atomic E-state index is 0.122. The first-order chi connectivity index (χ1) is 10.9. The van der Waals surface area contributed by atoms with E-state index < -0.39 is 17.4 Å². The summed E-state index contributed by atoms with van der Waals surface area (Å²) in [5.41, 5.74) is 0.0603. The maximum absolute atomic E-state index is 12.3. The average Bonchev–Trinajstić information content (AvgIpc) is 2.55. The molecule has 5 heteroatoms. The first-order valence-electron chi connectivity index (χ1n) is 7.55. The van der Waals surface area contributed by atoms with Crippen molar-refractivity contribution in [3.8, 4) is 5.75 Å². The Balaban J connectivity index is 3.01. The van der Waals surface area contributed by atoms with Crippen LogP contribution < -0.4 is 4.74 Å². The summed E-state index contributed by atoms with van der Waals surface area (Å²) in [6.07, 6.45) is 0.122. The highest BCUT2D eigenvalue weighted by molar-refractivity contribution is 6.01. The zero-order chi connectivity index (χ0) is 17.5. The van der Waals surface area contributed by atoms with Gasteiger partial charge in [0.25, 0.3) is 0 Å². The second-order valence-electron chi connectivity index (χ2n) is 5.28. The van der Waals surface area contributed by atoms with Crippen molar-refractivity contribution >= 4 is 17.5 Å². The third-order valence-corrected chi connectivity index (χ3v) is 3.52. The fourth-order valence-electron chi connectivity index (χ4n) is 2.16. The zero-order valence-corrected chi connectivity index (χ0v) is 14.2. The van der Waals surface area contributed by atoms with Crippen LogP contribution in [0.15, 0.2) is 30.8 Å². The van der Waals surface area contributed by atoms with Crippen LogP contribution in [-0.2, 0) is 19.1 Å². The van der Waals surface area contributed by atoms with Gasteiger partial charge in [0.15, 0.2) is 5.41 Å². The van der Waals surface area contributed by atoms with Crippen LogP contribution in [0.25, 0.3) is 5.57 Å². The quantitative estimate of drug-likeness (QED) is 0.543. The van der Waals surface area contributed by atoms with Crippen LogP contribution in [0.4, 0.5) is 0 Å². The molecule has 0 saturated heterocycles. The third-order valence-electron chi connectivity index (χ3n) is 3.52. The van der Waals surface area contributed by atoms with E-state index in [-0.39, 0.29) is 19.6 Å². The monoisotopic (exact) mass is 320 g/mol. The van der Waals surface area contributed by atoms with Gasteiger partial charge in [-0.15, -0.1) is 0 Å². The number of benzene rings is 1. The molecule has 0 unspecified atom stereocenters. The van der Waals surface area contributed by atoms with Crippen LogP contribution in [0.3, 0.4) is 0 Å². The molecule has 0 fully saturated rings.